The molecule has 1 heterocycles. The SMILES string of the molecule is CCCC[C@H](N)c1nc(C(C)(C)OC)no1. The van der Waals surface area contributed by atoms with Crippen molar-refractivity contribution in [3.05, 3.63) is 11.7 Å². The van der Waals surface area contributed by atoms with Crippen LogP contribution in [0.5, 0.6) is 0 Å². The lowest BCUT2D eigenvalue weighted by Crippen LogP contribution is -2.21. The van der Waals surface area contributed by atoms with Crippen LogP contribution in [-0.2, 0) is 10.3 Å². The molecule has 92 valence electrons. The topological polar surface area (TPSA) is 74.2 Å². The maximum absolute atomic E-state index is 5.94. The van der Waals surface area contributed by atoms with E-state index in [1.54, 1.807) is 7.11 Å². The summed E-state index contributed by atoms with van der Waals surface area (Å²) in [6, 6.07) is -0.172. The summed E-state index contributed by atoms with van der Waals surface area (Å²) in [6.45, 7) is 5.90. The van der Waals surface area contributed by atoms with Crippen LogP contribution in [0.3, 0.4) is 0 Å². The average molecular weight is 227 g/mol. The number of nitrogens with zero attached hydrogens (tertiary/aromatic N) is 2. The Morgan fingerprint density at radius 2 is 2.19 bits per heavy atom. The van der Waals surface area contributed by atoms with Gasteiger partial charge in [0.1, 0.15) is 5.60 Å². The fourth-order valence-corrected chi connectivity index (χ4v) is 1.27. The number of hydrogen-bond acceptors (Lipinski definition) is 5. The molecule has 0 amide bonds. The number of methoxy groups -OCH3 is 1. The molecular formula is C11H21N3O2. The van der Waals surface area contributed by atoms with Crippen LogP contribution in [0.25, 0.3) is 0 Å². The summed E-state index contributed by atoms with van der Waals surface area (Å²) in [5.74, 6) is 1.03. The van der Waals surface area contributed by atoms with Crippen molar-refractivity contribution < 1.29 is 9.26 Å². The van der Waals surface area contributed by atoms with Crippen LogP contribution in [0.1, 0.15) is 57.8 Å². The van der Waals surface area contributed by atoms with Gasteiger partial charge in [-0.05, 0) is 20.3 Å². The van der Waals surface area contributed by atoms with Crippen molar-refractivity contribution in [1.82, 2.24) is 10.1 Å². The largest absolute Gasteiger partial charge is 0.371 e. The van der Waals surface area contributed by atoms with Crippen LogP contribution >= 0.6 is 0 Å². The molecule has 5 heteroatoms. The second kappa shape index (κ2) is 5.41. The van der Waals surface area contributed by atoms with Gasteiger partial charge < -0.3 is 15.0 Å². The molecule has 0 unspecified atom stereocenters. The molecule has 0 saturated carbocycles. The third kappa shape index (κ3) is 3.02. The Morgan fingerprint density at radius 1 is 1.50 bits per heavy atom. The fourth-order valence-electron chi connectivity index (χ4n) is 1.27. The molecule has 0 aliphatic heterocycles. The summed E-state index contributed by atoms with van der Waals surface area (Å²) in [6.07, 6.45) is 3.04. The molecule has 1 aromatic rings. The van der Waals surface area contributed by atoms with Crippen LogP contribution in [0, 0.1) is 0 Å². The molecule has 16 heavy (non-hydrogen) atoms. The van der Waals surface area contributed by atoms with Crippen LogP contribution < -0.4 is 5.73 Å². The van der Waals surface area contributed by atoms with Gasteiger partial charge in [-0.25, -0.2) is 0 Å². The van der Waals surface area contributed by atoms with Crippen molar-refractivity contribution in [2.45, 2.75) is 51.7 Å². The van der Waals surface area contributed by atoms with Gasteiger partial charge in [0.25, 0.3) is 0 Å². The Morgan fingerprint density at radius 3 is 2.75 bits per heavy atom. The molecule has 0 fully saturated rings. The summed E-state index contributed by atoms with van der Waals surface area (Å²) in [4.78, 5) is 4.28. The summed E-state index contributed by atoms with van der Waals surface area (Å²) < 4.78 is 10.4. The maximum atomic E-state index is 5.94. The van der Waals surface area contributed by atoms with Crippen molar-refractivity contribution in [1.29, 1.82) is 0 Å². The number of hydrogen-bond donors (Lipinski definition) is 1. The lowest BCUT2D eigenvalue weighted by atomic mass is 10.1. The summed E-state index contributed by atoms with van der Waals surface area (Å²) in [5.41, 5.74) is 5.41. The number of unbranched alkanes of at least 4 members (excludes halogenated alkanes) is 1. The Labute approximate surface area is 96.4 Å². The van der Waals surface area contributed by atoms with E-state index in [1.165, 1.54) is 0 Å². The number of rotatable bonds is 6. The van der Waals surface area contributed by atoms with E-state index in [9.17, 15) is 0 Å². The van der Waals surface area contributed by atoms with E-state index in [0.29, 0.717) is 11.7 Å². The van der Waals surface area contributed by atoms with E-state index in [0.717, 1.165) is 19.3 Å². The Balaban J connectivity index is 2.71. The molecular weight excluding hydrogens is 206 g/mol. The van der Waals surface area contributed by atoms with Crippen LogP contribution in [0.15, 0.2) is 4.52 Å². The zero-order valence-corrected chi connectivity index (χ0v) is 10.5. The number of ether oxygens (including phenoxy) is 1. The van der Waals surface area contributed by atoms with E-state index in [-0.39, 0.29) is 6.04 Å². The van der Waals surface area contributed by atoms with Crippen molar-refractivity contribution in [3.8, 4) is 0 Å². The van der Waals surface area contributed by atoms with Crippen molar-refractivity contribution >= 4 is 0 Å². The zero-order valence-electron chi connectivity index (χ0n) is 10.5. The van der Waals surface area contributed by atoms with E-state index in [4.69, 9.17) is 15.0 Å². The first-order chi connectivity index (χ1) is 7.51. The molecule has 0 bridgehead atoms. The first-order valence-corrected chi connectivity index (χ1v) is 5.66. The minimum absolute atomic E-state index is 0.172. The van der Waals surface area contributed by atoms with Gasteiger partial charge in [-0.3, -0.25) is 0 Å². The molecule has 2 N–H and O–H groups in total. The van der Waals surface area contributed by atoms with Crippen molar-refractivity contribution in [2.24, 2.45) is 5.73 Å². The first kappa shape index (κ1) is 13.1. The lowest BCUT2D eigenvalue weighted by Gasteiger charge is -2.17. The van der Waals surface area contributed by atoms with Crippen molar-refractivity contribution in [3.63, 3.8) is 0 Å². The molecule has 0 spiro atoms. The molecule has 1 aromatic heterocycles. The minimum atomic E-state index is -0.535. The predicted octanol–water partition coefficient (Wildman–Crippen LogP) is 2.14. The molecule has 0 aliphatic rings. The molecule has 0 radical (unpaired) electrons. The molecule has 1 atom stereocenters. The summed E-state index contributed by atoms with van der Waals surface area (Å²) in [5, 5.41) is 3.90. The van der Waals surface area contributed by atoms with Crippen molar-refractivity contribution in [2.75, 3.05) is 7.11 Å². The van der Waals surface area contributed by atoms with Gasteiger partial charge >= 0.3 is 0 Å². The van der Waals surface area contributed by atoms with Gasteiger partial charge in [0.2, 0.25) is 11.7 Å². The van der Waals surface area contributed by atoms with Gasteiger partial charge in [-0.1, -0.05) is 24.9 Å². The maximum Gasteiger partial charge on any atom is 0.243 e. The Kier molecular flexibility index (Phi) is 4.44. The average Bonchev–Trinajstić information content (AvgIpc) is 2.75. The highest BCUT2D eigenvalue weighted by molar-refractivity contribution is 4.99. The van der Waals surface area contributed by atoms with Gasteiger partial charge in [0, 0.05) is 7.11 Å². The Bertz CT molecular complexity index is 323. The van der Waals surface area contributed by atoms with E-state index in [2.05, 4.69) is 17.1 Å². The van der Waals surface area contributed by atoms with Crippen LogP contribution in [-0.4, -0.2) is 17.3 Å². The standard InChI is InChI=1S/C11H21N3O2/c1-5-6-7-8(12)9-13-10(14-16-9)11(2,3)15-4/h8H,5-7,12H2,1-4H3/t8-/m0/s1. The lowest BCUT2D eigenvalue weighted by molar-refractivity contribution is 0.00973. The normalized spacial score (nSPS) is 14.1. The predicted molar refractivity (Wildman–Crippen MR) is 60.8 cm³/mol. The van der Waals surface area contributed by atoms with Gasteiger partial charge in [0.05, 0.1) is 6.04 Å². The molecule has 0 aliphatic carbocycles. The monoisotopic (exact) mass is 227 g/mol. The highest BCUT2D eigenvalue weighted by Gasteiger charge is 2.27. The van der Waals surface area contributed by atoms with Gasteiger partial charge in [-0.2, -0.15) is 4.98 Å². The van der Waals surface area contributed by atoms with E-state index < -0.39 is 5.60 Å². The Hall–Kier alpha value is -0.940. The molecule has 0 saturated heterocycles. The highest BCUT2D eigenvalue weighted by Crippen LogP contribution is 2.23. The minimum Gasteiger partial charge on any atom is -0.371 e. The van der Waals surface area contributed by atoms with Crippen LogP contribution in [0.4, 0.5) is 0 Å². The third-order valence-electron chi connectivity index (χ3n) is 2.68. The first-order valence-electron chi connectivity index (χ1n) is 5.66. The number of nitrogens with two attached hydrogens (primary N) is 1. The number of aromatic nitrogens is 2. The second-order valence-corrected chi connectivity index (χ2v) is 4.42. The molecule has 5 nitrogen and oxygen atoms in total. The van der Waals surface area contributed by atoms with Gasteiger partial charge in [0.15, 0.2) is 0 Å². The molecule has 1 rings (SSSR count). The molecule has 0 aromatic carbocycles. The zero-order chi connectivity index (χ0) is 12.2. The van der Waals surface area contributed by atoms with E-state index >= 15 is 0 Å². The fraction of sp³-hybridized carbons (Fsp3) is 0.818. The van der Waals surface area contributed by atoms with Gasteiger partial charge in [-0.15, -0.1) is 0 Å². The van der Waals surface area contributed by atoms with Crippen LogP contribution in [0.2, 0.25) is 0 Å². The highest BCUT2D eigenvalue weighted by atomic mass is 16.5. The third-order valence-corrected chi connectivity index (χ3v) is 2.68. The second-order valence-electron chi connectivity index (χ2n) is 4.42. The quantitative estimate of drug-likeness (QED) is 0.805. The van der Waals surface area contributed by atoms with E-state index in [1.807, 2.05) is 13.8 Å². The summed E-state index contributed by atoms with van der Waals surface area (Å²) in [7, 11) is 1.62. The smallest absolute Gasteiger partial charge is 0.243 e. The summed E-state index contributed by atoms with van der Waals surface area (Å²) >= 11 is 0.